The van der Waals surface area contributed by atoms with E-state index in [1.54, 1.807) is 18.6 Å². The number of rotatable bonds is 6. The zero-order chi connectivity index (χ0) is 16.8. The Labute approximate surface area is 141 Å². The van der Waals surface area contributed by atoms with Gasteiger partial charge >= 0.3 is 0 Å². The number of benzene rings is 1. The molecule has 0 saturated carbocycles. The third kappa shape index (κ3) is 3.51. The average Bonchev–Trinajstić information content (AvgIpc) is 3.05. The number of carbonyl (C=O) groups is 1. The molecule has 0 spiro atoms. The van der Waals surface area contributed by atoms with E-state index in [0.717, 1.165) is 29.8 Å². The summed E-state index contributed by atoms with van der Waals surface area (Å²) in [5, 5.41) is 7.39. The SMILES string of the molecule is CCCc1c(C(=O)NCc2ccncc2)cnn1-c1ccccc1. The molecule has 3 aromatic rings. The lowest BCUT2D eigenvalue weighted by atomic mass is 10.1. The number of hydrogen-bond donors (Lipinski definition) is 1. The van der Waals surface area contributed by atoms with Crippen LogP contribution in [0.15, 0.2) is 61.1 Å². The Hall–Kier alpha value is -2.95. The molecule has 0 unspecified atom stereocenters. The smallest absolute Gasteiger partial charge is 0.255 e. The topological polar surface area (TPSA) is 59.8 Å². The van der Waals surface area contributed by atoms with Crippen molar-refractivity contribution < 1.29 is 4.79 Å². The Morgan fingerprint density at radius 2 is 1.88 bits per heavy atom. The first-order valence-electron chi connectivity index (χ1n) is 8.09. The largest absolute Gasteiger partial charge is 0.348 e. The van der Waals surface area contributed by atoms with Crippen LogP contribution < -0.4 is 5.32 Å². The van der Waals surface area contributed by atoms with Gasteiger partial charge in [0.15, 0.2) is 0 Å². The summed E-state index contributed by atoms with van der Waals surface area (Å²) < 4.78 is 1.85. The molecule has 2 heterocycles. The van der Waals surface area contributed by atoms with Gasteiger partial charge in [0, 0.05) is 18.9 Å². The lowest BCUT2D eigenvalue weighted by molar-refractivity contribution is 0.0950. The molecule has 1 amide bonds. The molecule has 0 bridgehead atoms. The van der Waals surface area contributed by atoms with Gasteiger partial charge in [0.25, 0.3) is 5.91 Å². The minimum atomic E-state index is -0.0996. The molecule has 24 heavy (non-hydrogen) atoms. The van der Waals surface area contributed by atoms with Crippen molar-refractivity contribution >= 4 is 5.91 Å². The van der Waals surface area contributed by atoms with E-state index in [-0.39, 0.29) is 5.91 Å². The number of pyridine rings is 1. The maximum absolute atomic E-state index is 12.6. The number of nitrogens with one attached hydrogen (secondary N) is 1. The highest BCUT2D eigenvalue weighted by Crippen LogP contribution is 2.17. The van der Waals surface area contributed by atoms with Gasteiger partial charge in [0.1, 0.15) is 0 Å². The Kier molecular flexibility index (Phi) is 5.01. The summed E-state index contributed by atoms with van der Waals surface area (Å²) in [5.74, 6) is -0.0996. The molecule has 0 fully saturated rings. The van der Waals surface area contributed by atoms with Gasteiger partial charge in [-0.05, 0) is 36.2 Å². The van der Waals surface area contributed by atoms with Gasteiger partial charge in [-0.25, -0.2) is 4.68 Å². The number of carbonyl (C=O) groups excluding carboxylic acids is 1. The molecule has 0 radical (unpaired) electrons. The predicted octanol–water partition coefficient (Wildman–Crippen LogP) is 3.15. The molecule has 0 aliphatic carbocycles. The van der Waals surface area contributed by atoms with Crippen LogP contribution in [0.5, 0.6) is 0 Å². The number of amides is 1. The Morgan fingerprint density at radius 1 is 1.12 bits per heavy atom. The first kappa shape index (κ1) is 15.9. The molecule has 0 saturated heterocycles. The van der Waals surface area contributed by atoms with Crippen molar-refractivity contribution in [2.24, 2.45) is 0 Å². The molecule has 0 atom stereocenters. The number of nitrogens with zero attached hydrogens (tertiary/aromatic N) is 3. The summed E-state index contributed by atoms with van der Waals surface area (Å²) in [6.07, 6.45) is 6.84. The van der Waals surface area contributed by atoms with Crippen molar-refractivity contribution in [2.45, 2.75) is 26.3 Å². The van der Waals surface area contributed by atoms with E-state index in [9.17, 15) is 4.79 Å². The van der Waals surface area contributed by atoms with Crippen molar-refractivity contribution in [2.75, 3.05) is 0 Å². The van der Waals surface area contributed by atoms with Crippen molar-refractivity contribution in [1.29, 1.82) is 0 Å². The Morgan fingerprint density at radius 3 is 2.58 bits per heavy atom. The summed E-state index contributed by atoms with van der Waals surface area (Å²) in [6, 6.07) is 13.7. The molecule has 1 aromatic carbocycles. The van der Waals surface area contributed by atoms with Crippen molar-refractivity contribution in [3.05, 3.63) is 77.9 Å². The number of hydrogen-bond acceptors (Lipinski definition) is 3. The summed E-state index contributed by atoms with van der Waals surface area (Å²) in [5.41, 5.74) is 3.56. The van der Waals surface area contributed by atoms with Crippen molar-refractivity contribution in [3.63, 3.8) is 0 Å². The normalized spacial score (nSPS) is 10.5. The van der Waals surface area contributed by atoms with Crippen LogP contribution in [0.3, 0.4) is 0 Å². The number of para-hydroxylation sites is 1. The average molecular weight is 320 g/mol. The standard InChI is InChI=1S/C19H20N4O/c1-2-6-18-17(14-22-23(18)16-7-4-3-5-8-16)19(24)21-13-15-9-11-20-12-10-15/h3-5,7-12,14H,2,6,13H2,1H3,(H,21,24). The maximum Gasteiger partial charge on any atom is 0.255 e. The van der Waals surface area contributed by atoms with Crippen LogP contribution in [0.4, 0.5) is 0 Å². The van der Waals surface area contributed by atoms with E-state index in [2.05, 4.69) is 22.3 Å². The molecule has 2 aromatic heterocycles. The first-order valence-corrected chi connectivity index (χ1v) is 8.09. The van der Waals surface area contributed by atoms with Gasteiger partial charge in [-0.1, -0.05) is 31.5 Å². The van der Waals surface area contributed by atoms with Crippen LogP contribution >= 0.6 is 0 Å². The highest BCUT2D eigenvalue weighted by molar-refractivity contribution is 5.95. The second-order valence-electron chi connectivity index (χ2n) is 5.54. The molecule has 0 aliphatic heterocycles. The highest BCUT2D eigenvalue weighted by atomic mass is 16.1. The van der Waals surface area contributed by atoms with E-state index >= 15 is 0 Å². The van der Waals surface area contributed by atoms with Crippen LogP contribution in [-0.2, 0) is 13.0 Å². The summed E-state index contributed by atoms with van der Waals surface area (Å²) >= 11 is 0. The van der Waals surface area contributed by atoms with Gasteiger partial charge in [0.05, 0.1) is 23.1 Å². The Bertz CT molecular complexity index is 797. The van der Waals surface area contributed by atoms with E-state index in [4.69, 9.17) is 0 Å². The van der Waals surface area contributed by atoms with E-state index < -0.39 is 0 Å². The lowest BCUT2D eigenvalue weighted by Crippen LogP contribution is -2.23. The van der Waals surface area contributed by atoms with Crippen LogP contribution in [0.25, 0.3) is 5.69 Å². The summed E-state index contributed by atoms with van der Waals surface area (Å²) in [7, 11) is 0. The third-order valence-electron chi connectivity index (χ3n) is 3.80. The van der Waals surface area contributed by atoms with E-state index in [1.165, 1.54) is 0 Å². The van der Waals surface area contributed by atoms with Crippen LogP contribution in [0.2, 0.25) is 0 Å². The zero-order valence-electron chi connectivity index (χ0n) is 13.6. The molecular weight excluding hydrogens is 300 g/mol. The fourth-order valence-corrected chi connectivity index (χ4v) is 2.61. The quantitative estimate of drug-likeness (QED) is 0.759. The monoisotopic (exact) mass is 320 g/mol. The molecule has 122 valence electrons. The van der Waals surface area contributed by atoms with Crippen molar-refractivity contribution in [3.8, 4) is 5.69 Å². The zero-order valence-corrected chi connectivity index (χ0v) is 13.6. The second-order valence-corrected chi connectivity index (χ2v) is 5.54. The van der Waals surface area contributed by atoms with Crippen molar-refractivity contribution in [1.82, 2.24) is 20.1 Å². The van der Waals surface area contributed by atoms with Gasteiger partial charge in [-0.3, -0.25) is 9.78 Å². The lowest BCUT2D eigenvalue weighted by Gasteiger charge is -2.09. The second kappa shape index (κ2) is 7.55. The van der Waals surface area contributed by atoms with E-state index in [0.29, 0.717) is 12.1 Å². The number of aromatic nitrogens is 3. The van der Waals surface area contributed by atoms with Gasteiger partial charge in [-0.2, -0.15) is 5.10 Å². The molecule has 5 heteroatoms. The van der Waals surface area contributed by atoms with Gasteiger partial charge in [-0.15, -0.1) is 0 Å². The molecule has 3 rings (SSSR count). The molecule has 5 nitrogen and oxygen atoms in total. The predicted molar refractivity (Wildman–Crippen MR) is 93.0 cm³/mol. The first-order chi connectivity index (χ1) is 11.8. The van der Waals surface area contributed by atoms with Gasteiger partial charge in [0.2, 0.25) is 0 Å². The fraction of sp³-hybridized carbons (Fsp3) is 0.211. The molecular formula is C19H20N4O. The summed E-state index contributed by atoms with van der Waals surface area (Å²) in [6.45, 7) is 2.57. The minimum absolute atomic E-state index is 0.0996. The molecule has 1 N–H and O–H groups in total. The Balaban J connectivity index is 1.82. The fourth-order valence-electron chi connectivity index (χ4n) is 2.61. The maximum atomic E-state index is 12.6. The van der Waals surface area contributed by atoms with Crippen LogP contribution in [-0.4, -0.2) is 20.7 Å². The minimum Gasteiger partial charge on any atom is -0.348 e. The summed E-state index contributed by atoms with van der Waals surface area (Å²) in [4.78, 5) is 16.6. The molecule has 0 aliphatic rings. The van der Waals surface area contributed by atoms with Gasteiger partial charge < -0.3 is 5.32 Å². The van der Waals surface area contributed by atoms with Crippen LogP contribution in [0, 0.1) is 0 Å². The third-order valence-corrected chi connectivity index (χ3v) is 3.80. The highest BCUT2D eigenvalue weighted by Gasteiger charge is 2.17. The van der Waals surface area contributed by atoms with E-state index in [1.807, 2.05) is 47.1 Å². The van der Waals surface area contributed by atoms with Crippen LogP contribution in [0.1, 0.15) is 35.0 Å².